The molecule has 0 radical (unpaired) electrons. The molecule has 5 heteroatoms. The second-order valence-electron chi connectivity index (χ2n) is 6.02. The predicted molar refractivity (Wildman–Crippen MR) is 83.9 cm³/mol. The lowest BCUT2D eigenvalue weighted by molar-refractivity contribution is 0.0907. The number of carbonyl (C=O) groups excluding carboxylic acids is 1. The molecule has 0 amide bonds. The second-order valence-corrected chi connectivity index (χ2v) is 6.87. The number of aromatic nitrogens is 2. The van der Waals surface area contributed by atoms with Gasteiger partial charge in [0.15, 0.2) is 5.78 Å². The lowest BCUT2D eigenvalue weighted by atomic mass is 9.97. The van der Waals surface area contributed by atoms with Gasteiger partial charge in [0.05, 0.1) is 17.2 Å². The van der Waals surface area contributed by atoms with Gasteiger partial charge in [-0.2, -0.15) is 5.10 Å². The summed E-state index contributed by atoms with van der Waals surface area (Å²) in [6.07, 6.45) is 6.19. The minimum atomic E-state index is 0.186. The summed E-state index contributed by atoms with van der Waals surface area (Å²) in [5, 5.41) is 4.34. The van der Waals surface area contributed by atoms with Crippen molar-refractivity contribution in [3.05, 3.63) is 16.4 Å². The number of hydrogen-bond donors (Lipinski definition) is 0. The Labute approximate surface area is 129 Å². The van der Waals surface area contributed by atoms with Crippen LogP contribution in [0.4, 0.5) is 0 Å². The van der Waals surface area contributed by atoms with Crippen LogP contribution in [0.5, 0.6) is 0 Å². The standard InChI is InChI=1S/C15H24BrN3O/c1-4-11-5-6-12(9-11)15(20)14-13(16)10-17-19(14)8-7-18(2)3/h10-12H,4-9H2,1-3H3. The SMILES string of the molecule is CCC1CCC(C(=O)c2c(Br)cnn2CCN(C)C)C1. The molecule has 0 spiro atoms. The van der Waals surface area contributed by atoms with Gasteiger partial charge in [0.1, 0.15) is 5.69 Å². The molecule has 1 aromatic heterocycles. The highest BCUT2D eigenvalue weighted by molar-refractivity contribution is 9.10. The number of carbonyl (C=O) groups is 1. The van der Waals surface area contributed by atoms with E-state index in [0.29, 0.717) is 0 Å². The van der Waals surface area contributed by atoms with Crippen LogP contribution < -0.4 is 0 Å². The highest BCUT2D eigenvalue weighted by atomic mass is 79.9. The van der Waals surface area contributed by atoms with E-state index in [2.05, 4.69) is 32.9 Å². The Balaban J connectivity index is 2.11. The summed E-state index contributed by atoms with van der Waals surface area (Å²) in [7, 11) is 4.06. The number of halogens is 1. The normalized spacial score (nSPS) is 22.6. The Hall–Kier alpha value is -0.680. The molecule has 0 N–H and O–H groups in total. The third kappa shape index (κ3) is 3.50. The van der Waals surface area contributed by atoms with Crippen LogP contribution in [-0.4, -0.2) is 41.1 Å². The molecule has 2 unspecified atom stereocenters. The van der Waals surface area contributed by atoms with Gasteiger partial charge in [-0.05, 0) is 55.2 Å². The van der Waals surface area contributed by atoms with Crippen LogP contribution in [0.2, 0.25) is 0 Å². The molecule has 1 saturated carbocycles. The summed E-state index contributed by atoms with van der Waals surface area (Å²) in [4.78, 5) is 14.9. The van der Waals surface area contributed by atoms with Gasteiger partial charge in [0.25, 0.3) is 0 Å². The molecule has 0 aromatic carbocycles. The lowest BCUT2D eigenvalue weighted by Crippen LogP contribution is -2.23. The summed E-state index contributed by atoms with van der Waals surface area (Å²) in [5.74, 6) is 1.18. The first kappa shape index (κ1) is 15.7. The van der Waals surface area contributed by atoms with Crippen LogP contribution in [0.15, 0.2) is 10.7 Å². The predicted octanol–water partition coefficient (Wildman–Crippen LogP) is 3.22. The first-order valence-corrected chi connectivity index (χ1v) is 8.22. The van der Waals surface area contributed by atoms with Crippen molar-refractivity contribution in [2.24, 2.45) is 11.8 Å². The Kier molecular flexibility index (Phi) is 5.38. The molecule has 4 nitrogen and oxygen atoms in total. The van der Waals surface area contributed by atoms with Crippen LogP contribution in [-0.2, 0) is 6.54 Å². The van der Waals surface area contributed by atoms with Gasteiger partial charge in [-0.25, -0.2) is 0 Å². The van der Waals surface area contributed by atoms with Gasteiger partial charge >= 0.3 is 0 Å². The second kappa shape index (κ2) is 6.85. The van der Waals surface area contributed by atoms with E-state index in [9.17, 15) is 4.79 Å². The van der Waals surface area contributed by atoms with E-state index in [4.69, 9.17) is 0 Å². The number of hydrogen-bond acceptors (Lipinski definition) is 3. The number of rotatable bonds is 6. The Morgan fingerprint density at radius 2 is 2.25 bits per heavy atom. The number of ketones is 1. The fraction of sp³-hybridized carbons (Fsp3) is 0.733. The van der Waals surface area contributed by atoms with Crippen molar-refractivity contribution < 1.29 is 4.79 Å². The summed E-state index contributed by atoms with van der Waals surface area (Å²) < 4.78 is 2.69. The highest BCUT2D eigenvalue weighted by Crippen LogP contribution is 2.36. The summed E-state index contributed by atoms with van der Waals surface area (Å²) in [6.45, 7) is 3.86. The maximum atomic E-state index is 12.8. The Morgan fingerprint density at radius 3 is 2.85 bits per heavy atom. The average molecular weight is 342 g/mol. The smallest absolute Gasteiger partial charge is 0.185 e. The molecule has 2 rings (SSSR count). The minimum absolute atomic E-state index is 0.186. The van der Waals surface area contributed by atoms with E-state index in [1.54, 1.807) is 6.20 Å². The Bertz CT molecular complexity index is 470. The van der Waals surface area contributed by atoms with Crippen LogP contribution in [0.1, 0.15) is 43.1 Å². The maximum Gasteiger partial charge on any atom is 0.185 e. The average Bonchev–Trinajstić information content (AvgIpc) is 3.02. The molecule has 1 fully saturated rings. The van der Waals surface area contributed by atoms with Gasteiger partial charge in [-0.3, -0.25) is 9.48 Å². The zero-order valence-electron chi connectivity index (χ0n) is 12.6. The molecule has 112 valence electrons. The fourth-order valence-electron chi connectivity index (χ4n) is 2.95. The molecule has 0 aliphatic heterocycles. The first-order valence-electron chi connectivity index (χ1n) is 7.43. The minimum Gasteiger partial charge on any atom is -0.308 e. The van der Waals surface area contributed by atoms with Gasteiger partial charge < -0.3 is 4.90 Å². The van der Waals surface area contributed by atoms with E-state index >= 15 is 0 Å². The zero-order chi connectivity index (χ0) is 14.7. The van der Waals surface area contributed by atoms with E-state index < -0.39 is 0 Å². The van der Waals surface area contributed by atoms with E-state index in [-0.39, 0.29) is 11.7 Å². The largest absolute Gasteiger partial charge is 0.308 e. The quantitative estimate of drug-likeness (QED) is 0.745. The highest BCUT2D eigenvalue weighted by Gasteiger charge is 2.32. The molecule has 1 aliphatic carbocycles. The fourth-order valence-corrected chi connectivity index (χ4v) is 3.44. The van der Waals surface area contributed by atoms with Crippen molar-refractivity contribution in [1.29, 1.82) is 0 Å². The van der Waals surface area contributed by atoms with Crippen molar-refractivity contribution in [1.82, 2.24) is 14.7 Å². The van der Waals surface area contributed by atoms with Crippen molar-refractivity contribution in [2.75, 3.05) is 20.6 Å². The lowest BCUT2D eigenvalue weighted by Gasteiger charge is -2.14. The molecule has 2 atom stereocenters. The van der Waals surface area contributed by atoms with Gasteiger partial charge in [0, 0.05) is 12.5 Å². The van der Waals surface area contributed by atoms with Crippen molar-refractivity contribution in [3.8, 4) is 0 Å². The van der Waals surface area contributed by atoms with Crippen molar-refractivity contribution in [3.63, 3.8) is 0 Å². The summed E-state index contributed by atoms with van der Waals surface area (Å²) in [5.41, 5.74) is 0.758. The first-order chi connectivity index (χ1) is 9.52. The third-order valence-corrected chi connectivity index (χ3v) is 4.86. The molecule has 1 aliphatic rings. The van der Waals surface area contributed by atoms with Gasteiger partial charge in [-0.1, -0.05) is 13.3 Å². The molecule has 1 aromatic rings. The zero-order valence-corrected chi connectivity index (χ0v) is 14.2. The van der Waals surface area contributed by atoms with Crippen LogP contribution in [0.3, 0.4) is 0 Å². The van der Waals surface area contributed by atoms with Crippen molar-refractivity contribution in [2.45, 2.75) is 39.2 Å². The van der Waals surface area contributed by atoms with Crippen LogP contribution in [0.25, 0.3) is 0 Å². The molecule has 0 saturated heterocycles. The summed E-state index contributed by atoms with van der Waals surface area (Å²) >= 11 is 3.49. The Morgan fingerprint density at radius 1 is 1.50 bits per heavy atom. The number of Topliss-reactive ketones (excluding diaryl/α,β-unsaturated/α-hetero) is 1. The molecule has 1 heterocycles. The molecular formula is C15H24BrN3O. The summed E-state index contributed by atoms with van der Waals surface area (Å²) in [6, 6.07) is 0. The van der Waals surface area contributed by atoms with E-state index in [1.165, 1.54) is 12.8 Å². The number of nitrogens with zero attached hydrogens (tertiary/aromatic N) is 3. The monoisotopic (exact) mass is 341 g/mol. The topological polar surface area (TPSA) is 38.1 Å². The maximum absolute atomic E-state index is 12.8. The van der Waals surface area contributed by atoms with Gasteiger partial charge in [0.2, 0.25) is 0 Å². The third-order valence-electron chi connectivity index (χ3n) is 4.28. The van der Waals surface area contributed by atoms with E-state index in [0.717, 1.165) is 42.0 Å². The molecule has 20 heavy (non-hydrogen) atoms. The molecule has 0 bridgehead atoms. The van der Waals surface area contributed by atoms with Crippen molar-refractivity contribution >= 4 is 21.7 Å². The van der Waals surface area contributed by atoms with Crippen LogP contribution in [0, 0.1) is 11.8 Å². The van der Waals surface area contributed by atoms with Gasteiger partial charge in [-0.15, -0.1) is 0 Å². The van der Waals surface area contributed by atoms with E-state index in [1.807, 2.05) is 18.8 Å². The molecular weight excluding hydrogens is 318 g/mol. The number of likely N-dealkylation sites (N-methyl/N-ethyl adjacent to an activating group) is 1. The van der Waals surface area contributed by atoms with Crippen LogP contribution >= 0.6 is 15.9 Å².